The molecule has 11 heteroatoms. The van der Waals surface area contributed by atoms with Crippen molar-refractivity contribution in [2.24, 2.45) is 0 Å². The maximum atomic E-state index is 12.5. The molecule has 0 saturated heterocycles. The minimum Gasteiger partial charge on any atom is -0.480 e. The van der Waals surface area contributed by atoms with Gasteiger partial charge in [-0.2, -0.15) is 0 Å². The van der Waals surface area contributed by atoms with E-state index in [4.69, 9.17) is 9.26 Å². The van der Waals surface area contributed by atoms with Crippen molar-refractivity contribution in [1.82, 2.24) is 24.9 Å². The summed E-state index contributed by atoms with van der Waals surface area (Å²) in [6, 6.07) is 8.74. The van der Waals surface area contributed by atoms with E-state index < -0.39 is 6.36 Å². The van der Waals surface area contributed by atoms with Gasteiger partial charge in [0.2, 0.25) is 5.88 Å². The summed E-state index contributed by atoms with van der Waals surface area (Å²) in [5.41, 5.74) is 1.14. The molecule has 0 aliphatic carbocycles. The van der Waals surface area contributed by atoms with Crippen LogP contribution < -0.4 is 9.47 Å². The predicted molar refractivity (Wildman–Crippen MR) is 90.1 cm³/mol. The van der Waals surface area contributed by atoms with Gasteiger partial charge in [0.25, 0.3) is 0 Å². The van der Waals surface area contributed by atoms with Crippen molar-refractivity contribution in [3.8, 4) is 29.0 Å². The Morgan fingerprint density at radius 2 is 1.89 bits per heavy atom. The summed E-state index contributed by atoms with van der Waals surface area (Å²) in [4.78, 5) is 4.40. The maximum Gasteiger partial charge on any atom is 0.573 e. The third-order valence-electron chi connectivity index (χ3n) is 3.78. The van der Waals surface area contributed by atoms with Gasteiger partial charge in [-0.15, -0.1) is 23.4 Å². The lowest BCUT2D eigenvalue weighted by Crippen LogP contribution is -2.17. The van der Waals surface area contributed by atoms with Gasteiger partial charge in [-0.3, -0.25) is 4.57 Å². The van der Waals surface area contributed by atoms with Crippen molar-refractivity contribution in [2.75, 3.05) is 7.11 Å². The zero-order chi connectivity index (χ0) is 19.9. The number of hydrogen-bond acceptors (Lipinski definition) is 7. The van der Waals surface area contributed by atoms with E-state index in [1.165, 1.54) is 25.3 Å². The molecule has 0 bridgehead atoms. The molecular formula is C17H12F3N5O3. The molecule has 3 aromatic heterocycles. The average Bonchev–Trinajstić information content (AvgIpc) is 3.23. The number of aromatic nitrogens is 5. The largest absolute Gasteiger partial charge is 0.573 e. The van der Waals surface area contributed by atoms with Gasteiger partial charge in [-0.05, 0) is 25.1 Å². The summed E-state index contributed by atoms with van der Waals surface area (Å²) < 4.78 is 53.3. The van der Waals surface area contributed by atoms with Crippen LogP contribution in [0.3, 0.4) is 0 Å². The van der Waals surface area contributed by atoms with Crippen molar-refractivity contribution in [3.05, 3.63) is 42.2 Å². The van der Waals surface area contributed by atoms with E-state index in [2.05, 4.69) is 25.1 Å². The van der Waals surface area contributed by atoms with Crippen LogP contribution in [0.2, 0.25) is 0 Å². The lowest BCUT2D eigenvalue weighted by molar-refractivity contribution is -0.274. The molecule has 0 unspecified atom stereocenters. The Morgan fingerprint density at radius 3 is 2.50 bits per heavy atom. The topological polar surface area (TPSA) is 88.1 Å². The lowest BCUT2D eigenvalue weighted by atomic mass is 10.3. The van der Waals surface area contributed by atoms with Crippen LogP contribution in [0.4, 0.5) is 13.2 Å². The van der Waals surface area contributed by atoms with Crippen molar-refractivity contribution < 1.29 is 27.2 Å². The summed E-state index contributed by atoms with van der Waals surface area (Å²) in [7, 11) is 1.46. The fraction of sp³-hybridized carbons (Fsp3) is 0.176. The molecule has 0 spiro atoms. The van der Waals surface area contributed by atoms with Gasteiger partial charge in [-0.25, -0.2) is 4.98 Å². The summed E-state index contributed by atoms with van der Waals surface area (Å²) in [5, 5.41) is 12.0. The Kier molecular flexibility index (Phi) is 4.13. The molecule has 8 nitrogen and oxygen atoms in total. The van der Waals surface area contributed by atoms with Gasteiger partial charge >= 0.3 is 6.36 Å². The molecule has 3 heterocycles. The van der Waals surface area contributed by atoms with E-state index in [0.29, 0.717) is 34.5 Å². The molecule has 1 aromatic carbocycles. The van der Waals surface area contributed by atoms with Crippen LogP contribution in [0.1, 0.15) is 5.76 Å². The molecule has 0 aliphatic heterocycles. The minimum absolute atomic E-state index is 0.259. The summed E-state index contributed by atoms with van der Waals surface area (Å²) in [6.45, 7) is 1.71. The van der Waals surface area contributed by atoms with Crippen molar-refractivity contribution in [3.63, 3.8) is 0 Å². The standard InChI is InChI=1S/C17H12F3N5O3/c1-9-7-12(24-28-9)16-21-11-8-10(27-17(18,19)20)3-4-13(11)25(16)14-5-6-15(26-2)23-22-14/h3-8H,1-2H3. The Morgan fingerprint density at radius 1 is 1.07 bits per heavy atom. The third kappa shape index (κ3) is 3.33. The monoisotopic (exact) mass is 391 g/mol. The second-order valence-corrected chi connectivity index (χ2v) is 5.73. The fourth-order valence-electron chi connectivity index (χ4n) is 2.67. The fourth-order valence-corrected chi connectivity index (χ4v) is 2.67. The molecule has 144 valence electrons. The highest BCUT2D eigenvalue weighted by atomic mass is 19.4. The highest BCUT2D eigenvalue weighted by Gasteiger charge is 2.31. The van der Waals surface area contributed by atoms with E-state index >= 15 is 0 Å². The number of aryl methyl sites for hydroxylation is 1. The van der Waals surface area contributed by atoms with Crippen molar-refractivity contribution in [1.29, 1.82) is 0 Å². The highest BCUT2D eigenvalue weighted by molar-refractivity contribution is 5.83. The molecule has 0 aliphatic rings. The minimum atomic E-state index is -4.80. The molecule has 0 atom stereocenters. The molecule has 0 radical (unpaired) electrons. The van der Waals surface area contributed by atoms with Gasteiger partial charge in [0, 0.05) is 18.2 Å². The molecular weight excluding hydrogens is 379 g/mol. The third-order valence-corrected chi connectivity index (χ3v) is 3.78. The molecule has 0 saturated carbocycles. The summed E-state index contributed by atoms with van der Waals surface area (Å²) in [5.74, 6) is 1.19. The molecule has 0 fully saturated rings. The first kappa shape index (κ1) is 17.8. The van der Waals surface area contributed by atoms with E-state index in [9.17, 15) is 13.2 Å². The Bertz CT molecular complexity index is 1140. The smallest absolute Gasteiger partial charge is 0.480 e. The van der Waals surface area contributed by atoms with Crippen molar-refractivity contribution in [2.45, 2.75) is 13.3 Å². The molecule has 4 rings (SSSR count). The highest BCUT2D eigenvalue weighted by Crippen LogP contribution is 2.31. The van der Waals surface area contributed by atoms with Crippen LogP contribution >= 0.6 is 0 Å². The van der Waals surface area contributed by atoms with Crippen LogP contribution in [0.5, 0.6) is 11.6 Å². The van der Waals surface area contributed by atoms with E-state index in [1.807, 2.05) is 0 Å². The second-order valence-electron chi connectivity index (χ2n) is 5.73. The number of fused-ring (bicyclic) bond motifs is 1. The van der Waals surface area contributed by atoms with Crippen LogP contribution in [-0.4, -0.2) is 38.4 Å². The zero-order valence-corrected chi connectivity index (χ0v) is 14.6. The number of rotatable bonds is 4. The normalized spacial score (nSPS) is 11.8. The van der Waals surface area contributed by atoms with Crippen LogP contribution in [0.15, 0.2) is 40.9 Å². The quantitative estimate of drug-likeness (QED) is 0.524. The number of alkyl halides is 3. The van der Waals surface area contributed by atoms with E-state index in [0.717, 1.165) is 0 Å². The van der Waals surface area contributed by atoms with Gasteiger partial charge in [-0.1, -0.05) is 5.16 Å². The first-order chi connectivity index (χ1) is 13.3. The Hall–Kier alpha value is -3.63. The molecule has 28 heavy (non-hydrogen) atoms. The average molecular weight is 391 g/mol. The molecule has 4 aromatic rings. The van der Waals surface area contributed by atoms with E-state index in [1.54, 1.807) is 29.7 Å². The second kappa shape index (κ2) is 6.51. The SMILES string of the molecule is COc1ccc(-n2c(-c3cc(C)on3)nc3cc(OC(F)(F)F)ccc32)nn1. The van der Waals surface area contributed by atoms with Crippen molar-refractivity contribution >= 4 is 11.0 Å². The number of nitrogens with zero attached hydrogens (tertiary/aromatic N) is 5. The molecule has 0 amide bonds. The Labute approximate surface area is 155 Å². The van der Waals surface area contributed by atoms with Gasteiger partial charge in [0.1, 0.15) is 17.2 Å². The maximum absolute atomic E-state index is 12.5. The lowest BCUT2D eigenvalue weighted by Gasteiger charge is -2.09. The van der Waals surface area contributed by atoms with Gasteiger partial charge in [0.15, 0.2) is 11.6 Å². The first-order valence-electron chi connectivity index (χ1n) is 7.94. The number of methoxy groups -OCH3 is 1. The Balaban J connectivity index is 1.91. The zero-order valence-electron chi connectivity index (χ0n) is 14.6. The van der Waals surface area contributed by atoms with Crippen LogP contribution in [0.25, 0.3) is 28.4 Å². The predicted octanol–water partition coefficient (Wildman–Crippen LogP) is 3.69. The van der Waals surface area contributed by atoms with Gasteiger partial charge < -0.3 is 14.0 Å². The number of hydrogen-bond donors (Lipinski definition) is 0. The first-order valence-corrected chi connectivity index (χ1v) is 7.94. The van der Waals surface area contributed by atoms with E-state index in [-0.39, 0.29) is 11.3 Å². The van der Waals surface area contributed by atoms with Crippen LogP contribution in [-0.2, 0) is 0 Å². The van der Waals surface area contributed by atoms with Gasteiger partial charge in [0.05, 0.1) is 18.1 Å². The number of imidazole rings is 1. The number of halogens is 3. The van der Waals surface area contributed by atoms with Crippen LogP contribution in [0, 0.1) is 6.92 Å². The summed E-state index contributed by atoms with van der Waals surface area (Å²) >= 11 is 0. The number of ether oxygens (including phenoxy) is 2. The number of benzene rings is 1. The molecule has 0 N–H and O–H groups in total. The summed E-state index contributed by atoms with van der Waals surface area (Å²) in [6.07, 6.45) is -4.80.